The van der Waals surface area contributed by atoms with Crippen molar-refractivity contribution in [2.45, 2.75) is 0 Å². The Hall–Kier alpha value is -2.27. The smallest absolute Gasteiger partial charge is 0.340 e. The summed E-state index contributed by atoms with van der Waals surface area (Å²) in [6.07, 6.45) is 0. The summed E-state index contributed by atoms with van der Waals surface area (Å²) in [7, 11) is 1.27. The van der Waals surface area contributed by atoms with Gasteiger partial charge >= 0.3 is 5.97 Å². The van der Waals surface area contributed by atoms with Crippen molar-refractivity contribution in [3.05, 3.63) is 52.8 Å². The van der Waals surface area contributed by atoms with Crippen molar-refractivity contribution in [1.29, 1.82) is 0 Å². The Kier molecular flexibility index (Phi) is 4.10. The number of nitrogen functional groups attached to an aromatic ring is 1. The maximum Gasteiger partial charge on any atom is 0.340 e. The molecule has 0 bridgehead atoms. The van der Waals surface area contributed by atoms with Gasteiger partial charge in [-0.15, -0.1) is 0 Å². The highest BCUT2D eigenvalue weighted by atomic mass is 35.5. The number of methoxy groups -OCH3 is 1. The molecule has 0 amide bonds. The van der Waals surface area contributed by atoms with Crippen LogP contribution in [0, 0.1) is 5.82 Å². The summed E-state index contributed by atoms with van der Waals surface area (Å²) in [5.74, 6) is -1.08. The molecule has 0 saturated carbocycles. The largest absolute Gasteiger partial charge is 0.465 e. The molecular formula is C14H12ClFN2O2. The number of nitrogens with one attached hydrogen (secondary N) is 1. The van der Waals surface area contributed by atoms with Crippen LogP contribution in [0.1, 0.15) is 10.4 Å². The van der Waals surface area contributed by atoms with Crippen LogP contribution in [0.25, 0.3) is 0 Å². The summed E-state index contributed by atoms with van der Waals surface area (Å²) in [6.45, 7) is 0. The van der Waals surface area contributed by atoms with Gasteiger partial charge in [0.2, 0.25) is 0 Å². The topological polar surface area (TPSA) is 64.3 Å². The number of carbonyl (C=O) groups excluding carboxylic acids is 1. The van der Waals surface area contributed by atoms with Gasteiger partial charge in [-0.3, -0.25) is 0 Å². The lowest BCUT2D eigenvalue weighted by atomic mass is 10.1. The summed E-state index contributed by atoms with van der Waals surface area (Å²) in [5, 5.41) is 2.96. The Labute approximate surface area is 120 Å². The first-order valence-corrected chi connectivity index (χ1v) is 6.09. The molecule has 0 aliphatic heterocycles. The zero-order valence-corrected chi connectivity index (χ0v) is 11.4. The van der Waals surface area contributed by atoms with Crippen molar-refractivity contribution < 1.29 is 13.9 Å². The summed E-state index contributed by atoms with van der Waals surface area (Å²) < 4.78 is 18.0. The number of esters is 1. The second-order valence-electron chi connectivity index (χ2n) is 4.01. The van der Waals surface area contributed by atoms with E-state index < -0.39 is 11.8 Å². The molecule has 104 valence electrons. The maximum atomic E-state index is 13.4. The van der Waals surface area contributed by atoms with E-state index in [1.54, 1.807) is 24.3 Å². The molecule has 20 heavy (non-hydrogen) atoms. The van der Waals surface area contributed by atoms with Crippen molar-refractivity contribution in [1.82, 2.24) is 0 Å². The SMILES string of the molecule is COC(=O)c1cccc(Nc2ccc(Cl)c(F)c2)c1N. The number of benzene rings is 2. The number of hydrogen-bond donors (Lipinski definition) is 2. The summed E-state index contributed by atoms with van der Waals surface area (Å²) in [5.41, 5.74) is 7.32. The lowest BCUT2D eigenvalue weighted by molar-refractivity contribution is 0.0602. The minimum absolute atomic E-state index is 0.0341. The molecule has 0 spiro atoms. The van der Waals surface area contributed by atoms with Crippen LogP contribution in [0.15, 0.2) is 36.4 Å². The van der Waals surface area contributed by atoms with Crippen molar-refractivity contribution in [3.63, 3.8) is 0 Å². The number of para-hydroxylation sites is 1. The molecule has 0 atom stereocenters. The van der Waals surface area contributed by atoms with Gasteiger partial charge in [0.05, 0.1) is 29.1 Å². The Bertz CT molecular complexity index is 662. The molecule has 0 aromatic heterocycles. The van der Waals surface area contributed by atoms with Gasteiger partial charge in [-0.1, -0.05) is 17.7 Å². The lowest BCUT2D eigenvalue weighted by Crippen LogP contribution is -2.07. The number of hydrogen-bond acceptors (Lipinski definition) is 4. The minimum Gasteiger partial charge on any atom is -0.465 e. The predicted octanol–water partition coefficient (Wildman–Crippen LogP) is 3.59. The van der Waals surface area contributed by atoms with Crippen LogP contribution in [0.4, 0.5) is 21.5 Å². The van der Waals surface area contributed by atoms with E-state index in [1.807, 2.05) is 0 Å². The third kappa shape index (κ3) is 2.83. The first-order valence-electron chi connectivity index (χ1n) is 5.72. The average Bonchev–Trinajstić information content (AvgIpc) is 2.44. The van der Waals surface area contributed by atoms with Gasteiger partial charge in [0, 0.05) is 5.69 Å². The zero-order valence-electron chi connectivity index (χ0n) is 10.6. The van der Waals surface area contributed by atoms with Crippen LogP contribution >= 0.6 is 11.6 Å². The van der Waals surface area contributed by atoms with Gasteiger partial charge in [0.15, 0.2) is 0 Å². The van der Waals surface area contributed by atoms with Crippen molar-refractivity contribution >= 4 is 34.6 Å². The fourth-order valence-electron chi connectivity index (χ4n) is 1.69. The van der Waals surface area contributed by atoms with E-state index >= 15 is 0 Å². The van der Waals surface area contributed by atoms with E-state index in [4.69, 9.17) is 17.3 Å². The highest BCUT2D eigenvalue weighted by Crippen LogP contribution is 2.28. The molecule has 0 aliphatic carbocycles. The van der Waals surface area contributed by atoms with Gasteiger partial charge in [-0.2, -0.15) is 0 Å². The molecule has 6 heteroatoms. The first kappa shape index (κ1) is 14.1. The number of rotatable bonds is 3. The second kappa shape index (κ2) is 5.79. The van der Waals surface area contributed by atoms with Crippen LogP contribution in [0.5, 0.6) is 0 Å². The summed E-state index contributed by atoms with van der Waals surface area (Å²) in [6, 6.07) is 9.15. The highest BCUT2D eigenvalue weighted by molar-refractivity contribution is 6.30. The van der Waals surface area contributed by atoms with Gasteiger partial charge in [0.1, 0.15) is 5.82 Å². The molecule has 2 rings (SSSR count). The molecule has 0 fully saturated rings. The molecule has 0 heterocycles. The van der Waals surface area contributed by atoms with Gasteiger partial charge < -0.3 is 15.8 Å². The molecule has 3 N–H and O–H groups in total. The van der Waals surface area contributed by atoms with Gasteiger partial charge in [-0.25, -0.2) is 9.18 Å². The van der Waals surface area contributed by atoms with E-state index in [0.717, 1.165) is 0 Å². The van der Waals surface area contributed by atoms with E-state index in [2.05, 4.69) is 10.1 Å². The fraction of sp³-hybridized carbons (Fsp3) is 0.0714. The molecular weight excluding hydrogens is 283 g/mol. The quantitative estimate of drug-likeness (QED) is 0.671. The lowest BCUT2D eigenvalue weighted by Gasteiger charge is -2.12. The minimum atomic E-state index is -0.542. The molecule has 4 nitrogen and oxygen atoms in total. The van der Waals surface area contributed by atoms with Crippen LogP contribution < -0.4 is 11.1 Å². The van der Waals surface area contributed by atoms with E-state index in [1.165, 1.54) is 19.2 Å². The van der Waals surface area contributed by atoms with E-state index in [0.29, 0.717) is 11.4 Å². The maximum absolute atomic E-state index is 13.4. The Morgan fingerprint density at radius 3 is 2.75 bits per heavy atom. The van der Waals surface area contributed by atoms with Gasteiger partial charge in [0.25, 0.3) is 0 Å². The zero-order chi connectivity index (χ0) is 14.7. The number of carbonyl (C=O) groups is 1. The number of ether oxygens (including phenoxy) is 1. The fourth-order valence-corrected chi connectivity index (χ4v) is 1.81. The first-order chi connectivity index (χ1) is 9.52. The standard InChI is InChI=1S/C14H12ClFN2O2/c1-20-14(19)9-3-2-4-12(13(9)17)18-8-5-6-10(15)11(16)7-8/h2-7,18H,17H2,1H3. The Balaban J connectivity index is 2.34. The monoisotopic (exact) mass is 294 g/mol. The van der Waals surface area contributed by atoms with Crippen molar-refractivity contribution in [2.24, 2.45) is 0 Å². The second-order valence-corrected chi connectivity index (χ2v) is 4.42. The van der Waals surface area contributed by atoms with Crippen molar-refractivity contribution in [3.8, 4) is 0 Å². The van der Waals surface area contributed by atoms with E-state index in [-0.39, 0.29) is 16.3 Å². The Morgan fingerprint density at radius 1 is 1.35 bits per heavy atom. The normalized spacial score (nSPS) is 10.2. The Morgan fingerprint density at radius 2 is 2.10 bits per heavy atom. The third-order valence-corrected chi connectivity index (χ3v) is 3.02. The molecule has 0 unspecified atom stereocenters. The van der Waals surface area contributed by atoms with Crippen LogP contribution in [0.2, 0.25) is 5.02 Å². The average molecular weight is 295 g/mol. The van der Waals surface area contributed by atoms with Crippen LogP contribution in [0.3, 0.4) is 0 Å². The molecule has 0 aliphatic rings. The number of anilines is 3. The third-order valence-electron chi connectivity index (χ3n) is 2.71. The van der Waals surface area contributed by atoms with Gasteiger partial charge in [-0.05, 0) is 30.3 Å². The number of nitrogens with two attached hydrogens (primary N) is 1. The van der Waals surface area contributed by atoms with Crippen molar-refractivity contribution in [2.75, 3.05) is 18.2 Å². The molecule has 2 aromatic rings. The molecule has 2 aromatic carbocycles. The summed E-state index contributed by atoms with van der Waals surface area (Å²) in [4.78, 5) is 11.5. The molecule has 0 radical (unpaired) electrons. The van der Waals surface area contributed by atoms with Crippen LogP contribution in [-0.2, 0) is 4.74 Å². The number of halogens is 2. The predicted molar refractivity (Wildman–Crippen MR) is 76.9 cm³/mol. The summed E-state index contributed by atoms with van der Waals surface area (Å²) >= 11 is 5.61. The van der Waals surface area contributed by atoms with E-state index in [9.17, 15) is 9.18 Å². The highest BCUT2D eigenvalue weighted by Gasteiger charge is 2.13. The van der Waals surface area contributed by atoms with Crippen LogP contribution in [-0.4, -0.2) is 13.1 Å². The molecule has 0 saturated heterocycles.